The van der Waals surface area contributed by atoms with E-state index in [1.165, 1.54) is 6.42 Å². The second-order valence-corrected chi connectivity index (χ2v) is 6.05. The Morgan fingerprint density at radius 2 is 2.47 bits per heavy atom. The van der Waals surface area contributed by atoms with Gasteiger partial charge in [0, 0.05) is 24.0 Å². The molecule has 0 amide bonds. The van der Waals surface area contributed by atoms with Crippen molar-refractivity contribution >= 4 is 11.3 Å². The van der Waals surface area contributed by atoms with Crippen molar-refractivity contribution in [1.29, 1.82) is 0 Å². The largest absolute Gasteiger partial charge is 0.386 e. The molecule has 1 aromatic heterocycles. The summed E-state index contributed by atoms with van der Waals surface area (Å²) < 4.78 is 0. The summed E-state index contributed by atoms with van der Waals surface area (Å²) in [4.78, 5) is 3.43. The lowest BCUT2D eigenvalue weighted by atomic mass is 9.94. The van der Waals surface area contributed by atoms with Gasteiger partial charge in [0.15, 0.2) is 0 Å². The molecule has 0 radical (unpaired) electrons. The number of aliphatic hydroxyl groups is 1. The van der Waals surface area contributed by atoms with Gasteiger partial charge >= 0.3 is 0 Å². The molecule has 0 aliphatic carbocycles. The van der Waals surface area contributed by atoms with Gasteiger partial charge in [0.1, 0.15) is 6.10 Å². The monoisotopic (exact) mass is 254 g/mol. The third-order valence-electron chi connectivity index (χ3n) is 3.55. The van der Waals surface area contributed by atoms with Crippen molar-refractivity contribution in [2.45, 2.75) is 25.5 Å². The van der Waals surface area contributed by atoms with Gasteiger partial charge in [-0.25, -0.2) is 0 Å². The van der Waals surface area contributed by atoms with Gasteiger partial charge in [-0.3, -0.25) is 0 Å². The van der Waals surface area contributed by atoms with Gasteiger partial charge < -0.3 is 15.3 Å². The summed E-state index contributed by atoms with van der Waals surface area (Å²) >= 11 is 1.62. The molecule has 1 aromatic rings. The minimum atomic E-state index is -0.359. The lowest BCUT2D eigenvalue weighted by Gasteiger charge is -2.35. The molecule has 1 saturated heterocycles. The van der Waals surface area contributed by atoms with Crippen LogP contribution in [0, 0.1) is 5.92 Å². The molecular weight excluding hydrogens is 232 g/mol. The first kappa shape index (κ1) is 13.0. The highest BCUT2D eigenvalue weighted by molar-refractivity contribution is 7.10. The quantitative estimate of drug-likeness (QED) is 0.858. The van der Waals surface area contributed by atoms with Gasteiger partial charge in [0.2, 0.25) is 0 Å². The summed E-state index contributed by atoms with van der Waals surface area (Å²) in [6.07, 6.45) is 0.816. The van der Waals surface area contributed by atoms with E-state index in [0.29, 0.717) is 18.5 Å². The van der Waals surface area contributed by atoms with Crippen LogP contribution in [0.4, 0.5) is 0 Å². The molecule has 2 N–H and O–H groups in total. The van der Waals surface area contributed by atoms with Crippen molar-refractivity contribution < 1.29 is 5.11 Å². The Labute approximate surface area is 107 Å². The molecule has 3 nitrogen and oxygen atoms in total. The first-order chi connectivity index (χ1) is 8.16. The van der Waals surface area contributed by atoms with Crippen LogP contribution in [0.5, 0.6) is 0 Å². The van der Waals surface area contributed by atoms with E-state index in [1.54, 1.807) is 11.3 Å². The molecule has 96 valence electrons. The summed E-state index contributed by atoms with van der Waals surface area (Å²) in [6, 6.07) is 4.53. The van der Waals surface area contributed by atoms with Crippen LogP contribution >= 0.6 is 11.3 Å². The van der Waals surface area contributed by atoms with E-state index in [1.807, 2.05) is 17.5 Å². The second-order valence-electron chi connectivity index (χ2n) is 5.07. The van der Waals surface area contributed by atoms with Crippen molar-refractivity contribution in [3.05, 3.63) is 22.4 Å². The van der Waals surface area contributed by atoms with Crippen LogP contribution in [0.2, 0.25) is 0 Å². The summed E-state index contributed by atoms with van der Waals surface area (Å²) in [5.74, 6) is 0.657. The van der Waals surface area contributed by atoms with E-state index in [9.17, 15) is 5.11 Å². The fourth-order valence-corrected chi connectivity index (χ4v) is 3.21. The topological polar surface area (TPSA) is 35.5 Å². The number of nitrogens with zero attached hydrogens (tertiary/aromatic N) is 1. The number of rotatable bonds is 4. The predicted octanol–water partition coefficient (Wildman–Crippen LogP) is 1.71. The fraction of sp³-hybridized carbons (Fsp3) is 0.692. The number of nitrogens with one attached hydrogen (secondary N) is 1. The SMILES string of the molecule is CC1CN(C)CCC1NCC(O)c1cccs1. The van der Waals surface area contributed by atoms with Gasteiger partial charge in [-0.15, -0.1) is 11.3 Å². The van der Waals surface area contributed by atoms with Crippen molar-refractivity contribution in [3.8, 4) is 0 Å². The minimum absolute atomic E-state index is 0.359. The van der Waals surface area contributed by atoms with Gasteiger partial charge in [-0.2, -0.15) is 0 Å². The van der Waals surface area contributed by atoms with Crippen LogP contribution in [-0.2, 0) is 0 Å². The zero-order valence-electron chi connectivity index (χ0n) is 10.6. The van der Waals surface area contributed by atoms with Crippen molar-refractivity contribution in [2.24, 2.45) is 5.92 Å². The van der Waals surface area contributed by atoms with Gasteiger partial charge in [0.05, 0.1) is 0 Å². The van der Waals surface area contributed by atoms with E-state index in [0.717, 1.165) is 18.0 Å². The first-order valence-electron chi connectivity index (χ1n) is 6.30. The van der Waals surface area contributed by atoms with Crippen molar-refractivity contribution in [2.75, 3.05) is 26.7 Å². The molecule has 3 atom stereocenters. The zero-order valence-corrected chi connectivity index (χ0v) is 11.4. The number of hydrogen-bond acceptors (Lipinski definition) is 4. The van der Waals surface area contributed by atoms with Crippen LogP contribution in [0.25, 0.3) is 0 Å². The highest BCUT2D eigenvalue weighted by Crippen LogP contribution is 2.20. The summed E-state index contributed by atoms with van der Waals surface area (Å²) in [5, 5.41) is 15.5. The summed E-state index contributed by atoms with van der Waals surface area (Å²) in [5.41, 5.74) is 0. The molecule has 0 spiro atoms. The Bertz CT molecular complexity index is 328. The predicted molar refractivity (Wildman–Crippen MR) is 72.3 cm³/mol. The number of hydrogen-bond donors (Lipinski definition) is 2. The lowest BCUT2D eigenvalue weighted by molar-refractivity contribution is 0.139. The molecule has 1 aliphatic rings. The summed E-state index contributed by atoms with van der Waals surface area (Å²) in [6.45, 7) is 5.24. The number of likely N-dealkylation sites (tertiary alicyclic amines) is 1. The van der Waals surface area contributed by atoms with Gasteiger partial charge in [0.25, 0.3) is 0 Å². The first-order valence-corrected chi connectivity index (χ1v) is 7.18. The molecule has 1 fully saturated rings. The lowest BCUT2D eigenvalue weighted by Crippen LogP contribution is -2.47. The molecule has 1 aliphatic heterocycles. The standard InChI is InChI=1S/C13H22N2OS/c1-10-9-15(2)6-5-11(10)14-8-12(16)13-4-3-7-17-13/h3-4,7,10-12,14,16H,5-6,8-9H2,1-2H3. The van der Waals surface area contributed by atoms with E-state index in [-0.39, 0.29) is 6.10 Å². The molecule has 0 saturated carbocycles. The van der Waals surface area contributed by atoms with E-state index >= 15 is 0 Å². The maximum Gasteiger partial charge on any atom is 0.101 e. The van der Waals surface area contributed by atoms with Gasteiger partial charge in [-0.05, 0) is 37.4 Å². The smallest absolute Gasteiger partial charge is 0.101 e. The second kappa shape index (κ2) is 5.96. The minimum Gasteiger partial charge on any atom is -0.386 e. The number of piperidine rings is 1. The Morgan fingerprint density at radius 3 is 3.12 bits per heavy atom. The maximum absolute atomic E-state index is 10.0. The van der Waals surface area contributed by atoms with Gasteiger partial charge in [-0.1, -0.05) is 13.0 Å². The normalized spacial score (nSPS) is 28.2. The molecule has 0 bridgehead atoms. The Kier molecular flexibility index (Phi) is 4.56. The molecule has 0 aromatic carbocycles. The van der Waals surface area contributed by atoms with Crippen LogP contribution in [0.3, 0.4) is 0 Å². The van der Waals surface area contributed by atoms with Crippen LogP contribution in [-0.4, -0.2) is 42.7 Å². The Hall–Kier alpha value is -0.420. The zero-order chi connectivity index (χ0) is 12.3. The number of thiophene rings is 1. The van der Waals surface area contributed by atoms with Crippen molar-refractivity contribution in [1.82, 2.24) is 10.2 Å². The van der Waals surface area contributed by atoms with Crippen LogP contribution in [0.15, 0.2) is 17.5 Å². The molecule has 17 heavy (non-hydrogen) atoms. The fourth-order valence-electron chi connectivity index (χ4n) is 2.50. The highest BCUT2D eigenvalue weighted by Gasteiger charge is 2.24. The highest BCUT2D eigenvalue weighted by atomic mass is 32.1. The maximum atomic E-state index is 10.0. The van der Waals surface area contributed by atoms with E-state index < -0.39 is 0 Å². The van der Waals surface area contributed by atoms with E-state index in [4.69, 9.17) is 0 Å². The molecular formula is C13H22N2OS. The Morgan fingerprint density at radius 1 is 1.65 bits per heavy atom. The average molecular weight is 254 g/mol. The number of aliphatic hydroxyl groups excluding tert-OH is 1. The molecule has 4 heteroatoms. The van der Waals surface area contributed by atoms with Crippen molar-refractivity contribution in [3.63, 3.8) is 0 Å². The Balaban J connectivity index is 1.78. The molecule has 3 unspecified atom stereocenters. The average Bonchev–Trinajstić information content (AvgIpc) is 2.81. The third kappa shape index (κ3) is 3.52. The van der Waals surface area contributed by atoms with E-state index in [2.05, 4.69) is 24.2 Å². The molecule has 2 rings (SSSR count). The molecule has 2 heterocycles. The third-order valence-corrected chi connectivity index (χ3v) is 4.53. The van der Waals surface area contributed by atoms with Crippen LogP contribution in [0.1, 0.15) is 24.3 Å². The summed E-state index contributed by atoms with van der Waals surface area (Å²) in [7, 11) is 2.17. The van der Waals surface area contributed by atoms with Crippen LogP contribution < -0.4 is 5.32 Å².